The molecule has 0 aliphatic heterocycles. The first-order valence-corrected chi connectivity index (χ1v) is 9.74. The molecule has 11 heteroatoms. The Labute approximate surface area is 180 Å². The Morgan fingerprint density at radius 3 is 2.93 bits per heavy atom. The zero-order valence-corrected chi connectivity index (χ0v) is 17.9. The number of fused-ring (bicyclic) bond motifs is 1. The van der Waals surface area contributed by atoms with E-state index in [1.807, 2.05) is 6.07 Å². The van der Waals surface area contributed by atoms with E-state index in [1.165, 1.54) is 6.20 Å². The third-order valence-electron chi connectivity index (χ3n) is 5.20. The maximum atomic E-state index is 12.9. The zero-order valence-electron chi connectivity index (χ0n) is 17.0. The van der Waals surface area contributed by atoms with Crippen molar-refractivity contribution in [3.63, 3.8) is 0 Å². The standard InChI is InChI=1S/C19H26N8O2.ClH/c1-26-10-15(16(25-26)11-29-2)23-19(28)12-9-21-27-8-7-17(24-18(12)27)22-14-6-4-3-5-13(14)20;/h7-10,13-14H,3-6,11,20H2,1-2H3,(H,22,24)(H,23,28);1H/t13-,14+;/m0./s1. The third kappa shape index (κ3) is 4.55. The van der Waals surface area contributed by atoms with Gasteiger partial charge in [-0.1, -0.05) is 12.8 Å². The van der Waals surface area contributed by atoms with Gasteiger partial charge in [-0.25, -0.2) is 9.50 Å². The molecule has 3 aromatic rings. The number of hydrogen-bond donors (Lipinski definition) is 3. The largest absolute Gasteiger partial charge is 0.378 e. The van der Waals surface area contributed by atoms with Crippen molar-refractivity contribution in [3.05, 3.63) is 35.9 Å². The number of aryl methyl sites for hydroxylation is 1. The number of carbonyl (C=O) groups excluding carboxylic acids is 1. The van der Waals surface area contributed by atoms with E-state index in [1.54, 1.807) is 35.7 Å². The number of nitrogens with two attached hydrogens (primary N) is 1. The summed E-state index contributed by atoms with van der Waals surface area (Å²) in [4.78, 5) is 17.5. The van der Waals surface area contributed by atoms with Crippen molar-refractivity contribution < 1.29 is 9.53 Å². The molecular weight excluding hydrogens is 408 g/mol. The van der Waals surface area contributed by atoms with E-state index in [0.717, 1.165) is 25.7 Å². The van der Waals surface area contributed by atoms with Gasteiger partial charge < -0.3 is 21.1 Å². The first-order valence-electron chi connectivity index (χ1n) is 9.74. The Morgan fingerprint density at radius 2 is 2.17 bits per heavy atom. The number of hydrogen-bond acceptors (Lipinski definition) is 7. The highest BCUT2D eigenvalue weighted by atomic mass is 35.5. The summed E-state index contributed by atoms with van der Waals surface area (Å²) < 4.78 is 8.36. The highest BCUT2D eigenvalue weighted by Crippen LogP contribution is 2.22. The normalized spacial score (nSPS) is 18.8. The lowest BCUT2D eigenvalue weighted by Crippen LogP contribution is -2.42. The molecule has 0 saturated heterocycles. The van der Waals surface area contributed by atoms with Gasteiger partial charge in [0.15, 0.2) is 5.65 Å². The van der Waals surface area contributed by atoms with Crippen LogP contribution < -0.4 is 16.4 Å². The highest BCUT2D eigenvalue weighted by molar-refractivity contribution is 6.08. The molecule has 162 valence electrons. The van der Waals surface area contributed by atoms with Crippen molar-refractivity contribution in [1.82, 2.24) is 24.4 Å². The number of anilines is 2. The molecule has 0 aromatic carbocycles. The van der Waals surface area contributed by atoms with Crippen LogP contribution >= 0.6 is 12.4 Å². The zero-order chi connectivity index (χ0) is 20.4. The van der Waals surface area contributed by atoms with Gasteiger partial charge >= 0.3 is 0 Å². The lowest BCUT2D eigenvalue weighted by atomic mass is 9.91. The van der Waals surface area contributed by atoms with E-state index >= 15 is 0 Å². The summed E-state index contributed by atoms with van der Waals surface area (Å²) in [7, 11) is 3.38. The van der Waals surface area contributed by atoms with Gasteiger partial charge in [0, 0.05) is 38.6 Å². The van der Waals surface area contributed by atoms with Crippen LogP contribution in [0.2, 0.25) is 0 Å². The van der Waals surface area contributed by atoms with E-state index in [4.69, 9.17) is 10.5 Å². The molecule has 4 rings (SSSR count). The number of nitrogens with zero attached hydrogens (tertiary/aromatic N) is 5. The van der Waals surface area contributed by atoms with Crippen molar-refractivity contribution in [2.75, 3.05) is 17.7 Å². The predicted octanol–water partition coefficient (Wildman–Crippen LogP) is 1.97. The second-order valence-electron chi connectivity index (χ2n) is 7.39. The average molecular weight is 435 g/mol. The summed E-state index contributed by atoms with van der Waals surface area (Å²) >= 11 is 0. The highest BCUT2D eigenvalue weighted by Gasteiger charge is 2.23. The first kappa shape index (κ1) is 22.0. The van der Waals surface area contributed by atoms with Crippen LogP contribution in [0.15, 0.2) is 24.7 Å². The monoisotopic (exact) mass is 434 g/mol. The molecule has 4 N–H and O–H groups in total. The van der Waals surface area contributed by atoms with Gasteiger partial charge in [0.05, 0.1) is 18.5 Å². The number of methoxy groups -OCH3 is 1. The Balaban J connectivity index is 0.00000256. The van der Waals surface area contributed by atoms with Crippen LogP contribution in [0.5, 0.6) is 0 Å². The molecule has 1 saturated carbocycles. The Hall–Kier alpha value is -2.69. The van der Waals surface area contributed by atoms with Crippen LogP contribution in [-0.2, 0) is 18.4 Å². The molecular formula is C19H27ClN8O2. The molecule has 30 heavy (non-hydrogen) atoms. The molecule has 1 amide bonds. The van der Waals surface area contributed by atoms with Crippen molar-refractivity contribution >= 4 is 35.5 Å². The fraction of sp³-hybridized carbons (Fsp3) is 0.474. The summed E-state index contributed by atoms with van der Waals surface area (Å²) in [6.07, 6.45) is 9.39. The minimum atomic E-state index is -0.302. The van der Waals surface area contributed by atoms with Crippen LogP contribution in [0.3, 0.4) is 0 Å². The van der Waals surface area contributed by atoms with Crippen molar-refractivity contribution in [1.29, 1.82) is 0 Å². The van der Waals surface area contributed by atoms with Crippen LogP contribution in [0.4, 0.5) is 11.5 Å². The first-order chi connectivity index (χ1) is 14.0. The predicted molar refractivity (Wildman–Crippen MR) is 116 cm³/mol. The number of nitrogens with one attached hydrogen (secondary N) is 2. The lowest BCUT2D eigenvalue weighted by molar-refractivity contribution is 0.102. The van der Waals surface area contributed by atoms with Gasteiger partial charge in [0.2, 0.25) is 0 Å². The number of carbonyl (C=O) groups is 1. The summed E-state index contributed by atoms with van der Waals surface area (Å²) in [6.45, 7) is 0.305. The summed E-state index contributed by atoms with van der Waals surface area (Å²) in [5.41, 5.74) is 8.35. The molecule has 0 unspecified atom stereocenters. The minimum absolute atomic E-state index is 0. The quantitative estimate of drug-likeness (QED) is 0.541. The van der Waals surface area contributed by atoms with Crippen LogP contribution in [0, 0.1) is 0 Å². The van der Waals surface area contributed by atoms with Crippen LogP contribution in [-0.4, -0.2) is 49.5 Å². The summed E-state index contributed by atoms with van der Waals surface area (Å²) in [5, 5.41) is 14.8. The fourth-order valence-electron chi connectivity index (χ4n) is 3.71. The summed E-state index contributed by atoms with van der Waals surface area (Å²) in [6, 6.07) is 2.14. The Kier molecular flexibility index (Phi) is 6.91. The Morgan fingerprint density at radius 1 is 1.37 bits per heavy atom. The second-order valence-corrected chi connectivity index (χ2v) is 7.39. The Bertz CT molecular complexity index is 1020. The van der Waals surface area contributed by atoms with Crippen LogP contribution in [0.25, 0.3) is 5.65 Å². The minimum Gasteiger partial charge on any atom is -0.378 e. The van der Waals surface area contributed by atoms with Crippen LogP contribution in [0.1, 0.15) is 41.7 Å². The smallest absolute Gasteiger partial charge is 0.261 e. The van der Waals surface area contributed by atoms with Crippen molar-refractivity contribution in [2.45, 2.75) is 44.4 Å². The van der Waals surface area contributed by atoms with Gasteiger partial charge in [-0.3, -0.25) is 9.48 Å². The number of halogens is 1. The molecule has 10 nitrogen and oxygen atoms in total. The van der Waals surface area contributed by atoms with E-state index in [2.05, 4.69) is 25.8 Å². The molecule has 1 fully saturated rings. The molecule has 3 heterocycles. The van der Waals surface area contributed by atoms with Gasteiger partial charge in [0.1, 0.15) is 17.1 Å². The van der Waals surface area contributed by atoms with Gasteiger partial charge in [0.25, 0.3) is 5.91 Å². The molecule has 0 bridgehead atoms. The maximum absolute atomic E-state index is 12.9. The topological polar surface area (TPSA) is 124 Å². The van der Waals surface area contributed by atoms with Gasteiger partial charge in [-0.15, -0.1) is 12.4 Å². The maximum Gasteiger partial charge on any atom is 0.261 e. The number of rotatable bonds is 6. The molecule has 1 aliphatic carbocycles. The van der Waals surface area contributed by atoms with Crippen molar-refractivity contribution in [3.8, 4) is 0 Å². The van der Waals surface area contributed by atoms with E-state index in [0.29, 0.717) is 35.0 Å². The number of amides is 1. The molecule has 3 aromatic heterocycles. The van der Waals surface area contributed by atoms with E-state index in [-0.39, 0.29) is 30.4 Å². The molecule has 2 atom stereocenters. The van der Waals surface area contributed by atoms with Gasteiger partial charge in [-0.05, 0) is 18.9 Å². The van der Waals surface area contributed by atoms with Gasteiger partial charge in [-0.2, -0.15) is 10.2 Å². The molecule has 0 radical (unpaired) electrons. The van der Waals surface area contributed by atoms with E-state index in [9.17, 15) is 4.79 Å². The fourth-order valence-corrected chi connectivity index (χ4v) is 3.71. The third-order valence-corrected chi connectivity index (χ3v) is 5.20. The van der Waals surface area contributed by atoms with E-state index < -0.39 is 0 Å². The summed E-state index contributed by atoms with van der Waals surface area (Å²) in [5.74, 6) is 0.389. The molecule has 1 aliphatic rings. The lowest BCUT2D eigenvalue weighted by Gasteiger charge is -2.29. The average Bonchev–Trinajstić information content (AvgIpc) is 3.27. The number of aromatic nitrogens is 5. The number of ether oxygens (including phenoxy) is 1. The second kappa shape index (κ2) is 9.41. The molecule has 0 spiro atoms. The van der Waals surface area contributed by atoms with Crippen molar-refractivity contribution in [2.24, 2.45) is 12.8 Å². The SMILES string of the molecule is COCc1nn(C)cc1NC(=O)c1cnn2ccc(N[C@@H]3CCCC[C@@H]3N)nc12.Cl.